The summed E-state index contributed by atoms with van der Waals surface area (Å²) in [7, 11) is 0. The van der Waals surface area contributed by atoms with E-state index < -0.39 is 0 Å². The van der Waals surface area contributed by atoms with E-state index in [4.69, 9.17) is 16.6 Å². The first kappa shape index (κ1) is 18.1. The number of nitrogens with one attached hydrogen (secondary N) is 1. The molecule has 3 aromatic rings. The Labute approximate surface area is 158 Å². The van der Waals surface area contributed by atoms with E-state index in [1.165, 1.54) is 0 Å². The molecule has 0 saturated heterocycles. The van der Waals surface area contributed by atoms with Crippen molar-refractivity contribution in [3.05, 3.63) is 58.7 Å². The Kier molecular flexibility index (Phi) is 5.38. The Morgan fingerprint density at radius 2 is 1.73 bits per heavy atom. The van der Waals surface area contributed by atoms with Crippen molar-refractivity contribution in [1.29, 1.82) is 0 Å². The summed E-state index contributed by atoms with van der Waals surface area (Å²) in [5.74, 6) is 0.293. The second-order valence-corrected chi connectivity index (χ2v) is 6.41. The van der Waals surface area contributed by atoms with Crippen LogP contribution in [0.25, 0.3) is 11.0 Å². The normalized spacial score (nSPS) is 10.8. The van der Waals surface area contributed by atoms with Crippen LogP contribution in [0.15, 0.2) is 42.5 Å². The maximum absolute atomic E-state index is 13.0. The zero-order valence-corrected chi connectivity index (χ0v) is 15.8. The predicted molar refractivity (Wildman–Crippen MR) is 107 cm³/mol. The van der Waals surface area contributed by atoms with E-state index in [0.717, 1.165) is 24.2 Å². The number of carbonyl (C=O) groups excluding carboxylic acids is 1. The fourth-order valence-electron chi connectivity index (χ4n) is 2.80. The van der Waals surface area contributed by atoms with Crippen molar-refractivity contribution in [3.8, 4) is 0 Å². The molecule has 0 bridgehead atoms. The quantitative estimate of drug-likeness (QED) is 0.709. The van der Waals surface area contributed by atoms with E-state index in [1.54, 1.807) is 12.1 Å². The van der Waals surface area contributed by atoms with E-state index >= 15 is 0 Å². The maximum atomic E-state index is 13.0. The summed E-state index contributed by atoms with van der Waals surface area (Å²) in [6.45, 7) is 7.45. The number of anilines is 2. The van der Waals surface area contributed by atoms with Gasteiger partial charge in [0, 0.05) is 23.8 Å². The molecule has 0 atom stereocenters. The lowest BCUT2D eigenvalue weighted by atomic mass is 10.2. The Morgan fingerprint density at radius 3 is 2.38 bits per heavy atom. The van der Waals surface area contributed by atoms with Gasteiger partial charge >= 0.3 is 0 Å². The van der Waals surface area contributed by atoms with Crippen molar-refractivity contribution < 1.29 is 4.79 Å². The molecule has 0 aliphatic carbocycles. The number of hydrogen-bond acceptors (Lipinski definition) is 4. The molecule has 0 spiro atoms. The van der Waals surface area contributed by atoms with Gasteiger partial charge in [-0.15, -0.1) is 0 Å². The monoisotopic (exact) mass is 368 g/mol. The van der Waals surface area contributed by atoms with E-state index in [0.29, 0.717) is 27.7 Å². The molecule has 3 rings (SSSR count). The first-order chi connectivity index (χ1) is 12.5. The number of benzene rings is 2. The van der Waals surface area contributed by atoms with E-state index in [2.05, 4.69) is 10.3 Å². The highest BCUT2D eigenvalue weighted by Gasteiger charge is 2.20. The van der Waals surface area contributed by atoms with Crippen LogP contribution in [-0.4, -0.2) is 29.0 Å². The summed E-state index contributed by atoms with van der Waals surface area (Å²) < 4.78 is 0. The second-order valence-electron chi connectivity index (χ2n) is 5.97. The zero-order valence-electron chi connectivity index (χ0n) is 15.1. The molecule has 0 aliphatic heterocycles. The van der Waals surface area contributed by atoms with Crippen molar-refractivity contribution in [2.24, 2.45) is 0 Å². The van der Waals surface area contributed by atoms with Gasteiger partial charge in [-0.25, -0.2) is 9.97 Å². The van der Waals surface area contributed by atoms with Crippen LogP contribution in [0.3, 0.4) is 0 Å². The fourth-order valence-corrected chi connectivity index (χ4v) is 2.97. The molecular formula is C20H21ClN4O. The Morgan fingerprint density at radius 1 is 1.08 bits per heavy atom. The van der Waals surface area contributed by atoms with Crippen molar-refractivity contribution in [1.82, 2.24) is 9.97 Å². The smallest absolute Gasteiger partial charge is 0.278 e. The highest BCUT2D eigenvalue weighted by Crippen LogP contribution is 2.24. The third-order valence-corrected chi connectivity index (χ3v) is 4.51. The van der Waals surface area contributed by atoms with Crippen molar-refractivity contribution in [2.45, 2.75) is 20.8 Å². The molecule has 2 aromatic carbocycles. The molecule has 134 valence electrons. The summed E-state index contributed by atoms with van der Waals surface area (Å²) >= 11 is 6.06. The highest BCUT2D eigenvalue weighted by atomic mass is 35.5. The topological polar surface area (TPSA) is 58.1 Å². The van der Waals surface area contributed by atoms with Gasteiger partial charge in [-0.3, -0.25) is 4.79 Å². The first-order valence-corrected chi connectivity index (χ1v) is 9.00. The molecule has 1 heterocycles. The second kappa shape index (κ2) is 7.70. The Balaban J connectivity index is 2.07. The number of rotatable bonds is 5. The third kappa shape index (κ3) is 3.63. The van der Waals surface area contributed by atoms with Gasteiger partial charge in [-0.1, -0.05) is 29.8 Å². The van der Waals surface area contributed by atoms with E-state index in [9.17, 15) is 4.79 Å². The minimum absolute atomic E-state index is 0.296. The average molecular weight is 369 g/mol. The standard InChI is InChI=1S/C20H21ClN4O/c1-4-25(5-2)19-18(22-15-8-6-7-9-16(15)23-19)20(26)24-17-12-14(21)11-10-13(17)3/h6-12H,4-5H2,1-3H3,(H,24,26). The summed E-state index contributed by atoms with van der Waals surface area (Å²) in [4.78, 5) is 24.3. The van der Waals surface area contributed by atoms with Crippen LogP contribution in [0, 0.1) is 6.92 Å². The molecule has 6 heteroatoms. The number of nitrogens with zero attached hydrogens (tertiary/aromatic N) is 3. The Bertz CT molecular complexity index is 954. The summed E-state index contributed by atoms with van der Waals surface area (Å²) in [6, 6.07) is 13.0. The lowest BCUT2D eigenvalue weighted by molar-refractivity contribution is 0.102. The largest absolute Gasteiger partial charge is 0.355 e. The van der Waals surface area contributed by atoms with Crippen LogP contribution < -0.4 is 10.2 Å². The molecule has 1 amide bonds. The van der Waals surface area contributed by atoms with Gasteiger partial charge in [0.15, 0.2) is 11.5 Å². The van der Waals surface area contributed by atoms with Crippen molar-refractivity contribution in [2.75, 3.05) is 23.3 Å². The molecule has 1 N–H and O–H groups in total. The SMILES string of the molecule is CCN(CC)c1nc2ccccc2nc1C(=O)Nc1cc(Cl)ccc1C. The molecular weight excluding hydrogens is 348 g/mol. The number of para-hydroxylation sites is 2. The predicted octanol–water partition coefficient (Wildman–Crippen LogP) is 4.69. The van der Waals surface area contributed by atoms with E-state index in [1.807, 2.05) is 56.0 Å². The zero-order chi connectivity index (χ0) is 18.7. The van der Waals surface area contributed by atoms with Gasteiger partial charge < -0.3 is 10.2 Å². The molecule has 26 heavy (non-hydrogen) atoms. The summed E-state index contributed by atoms with van der Waals surface area (Å²) in [5, 5.41) is 3.49. The fraction of sp³-hybridized carbons (Fsp3) is 0.250. The number of hydrogen-bond donors (Lipinski definition) is 1. The molecule has 0 fully saturated rings. The van der Waals surface area contributed by atoms with Gasteiger partial charge in [0.25, 0.3) is 5.91 Å². The van der Waals surface area contributed by atoms with Crippen LogP contribution in [0.2, 0.25) is 5.02 Å². The number of fused-ring (bicyclic) bond motifs is 1. The molecule has 0 radical (unpaired) electrons. The van der Waals surface area contributed by atoms with Crippen LogP contribution in [0.1, 0.15) is 29.9 Å². The maximum Gasteiger partial charge on any atom is 0.278 e. The lowest BCUT2D eigenvalue weighted by Crippen LogP contribution is -2.28. The van der Waals surface area contributed by atoms with E-state index in [-0.39, 0.29) is 5.91 Å². The van der Waals surface area contributed by atoms with Gasteiger partial charge in [0.2, 0.25) is 0 Å². The van der Waals surface area contributed by atoms with Gasteiger partial charge in [0.1, 0.15) is 0 Å². The number of aromatic nitrogens is 2. The molecule has 0 unspecified atom stereocenters. The summed E-state index contributed by atoms with van der Waals surface area (Å²) in [5.41, 5.74) is 3.37. The first-order valence-electron chi connectivity index (χ1n) is 8.62. The highest BCUT2D eigenvalue weighted by molar-refractivity contribution is 6.31. The third-order valence-electron chi connectivity index (χ3n) is 4.28. The van der Waals surface area contributed by atoms with Crippen LogP contribution in [0.5, 0.6) is 0 Å². The summed E-state index contributed by atoms with van der Waals surface area (Å²) in [6.07, 6.45) is 0. The average Bonchev–Trinajstić information content (AvgIpc) is 2.65. The number of amides is 1. The van der Waals surface area contributed by atoms with Crippen LogP contribution in [0.4, 0.5) is 11.5 Å². The van der Waals surface area contributed by atoms with Gasteiger partial charge in [-0.05, 0) is 50.6 Å². The molecule has 1 aromatic heterocycles. The van der Waals surface area contributed by atoms with Crippen LogP contribution in [-0.2, 0) is 0 Å². The minimum atomic E-state index is -0.296. The van der Waals surface area contributed by atoms with Crippen molar-refractivity contribution in [3.63, 3.8) is 0 Å². The minimum Gasteiger partial charge on any atom is -0.355 e. The lowest BCUT2D eigenvalue weighted by Gasteiger charge is -2.22. The molecule has 0 saturated carbocycles. The van der Waals surface area contributed by atoms with Gasteiger partial charge in [0.05, 0.1) is 11.0 Å². The van der Waals surface area contributed by atoms with Crippen molar-refractivity contribution >= 4 is 40.0 Å². The molecule has 5 nitrogen and oxygen atoms in total. The number of halogens is 1. The van der Waals surface area contributed by atoms with Gasteiger partial charge in [-0.2, -0.15) is 0 Å². The molecule has 0 aliphatic rings. The Hall–Kier alpha value is -2.66. The number of aryl methyl sites for hydroxylation is 1. The number of carbonyl (C=O) groups is 1. The van der Waals surface area contributed by atoms with Crippen LogP contribution >= 0.6 is 11.6 Å².